The summed E-state index contributed by atoms with van der Waals surface area (Å²) in [4.78, 5) is 16.3. The van der Waals surface area contributed by atoms with Crippen molar-refractivity contribution in [1.29, 1.82) is 0 Å². The Balaban J connectivity index is 1.76. The summed E-state index contributed by atoms with van der Waals surface area (Å²) in [5, 5.41) is 4.14. The summed E-state index contributed by atoms with van der Waals surface area (Å²) in [7, 11) is 0. The highest BCUT2D eigenvalue weighted by molar-refractivity contribution is 8.26. The summed E-state index contributed by atoms with van der Waals surface area (Å²) in [6.45, 7) is 0. The molecule has 3 rings (SSSR count). The summed E-state index contributed by atoms with van der Waals surface area (Å²) in [5.41, 5.74) is 0. The molecule has 7 heteroatoms. The number of thioether (sulfide) groups is 1. The molecule has 0 saturated carbocycles. The maximum absolute atomic E-state index is 11.5. The second kappa shape index (κ2) is 5.82. The molecular formula is C13H8N2O2S3. The van der Waals surface area contributed by atoms with Crippen molar-refractivity contribution in [2.24, 2.45) is 0 Å². The molecule has 0 unspecified atom stereocenters. The zero-order valence-electron chi connectivity index (χ0n) is 10.0. The monoisotopic (exact) mass is 320 g/mol. The van der Waals surface area contributed by atoms with Crippen molar-refractivity contribution in [3.8, 4) is 0 Å². The van der Waals surface area contributed by atoms with Crippen LogP contribution in [0.2, 0.25) is 0 Å². The Kier molecular flexibility index (Phi) is 3.90. The summed E-state index contributed by atoms with van der Waals surface area (Å²) < 4.78 is 6.11. The lowest BCUT2D eigenvalue weighted by Crippen LogP contribution is -2.17. The molecule has 1 N–H and O–H groups in total. The number of nitrogens with zero attached hydrogens (tertiary/aromatic N) is 1. The average Bonchev–Trinajstić information content (AvgIpc) is 2.98. The zero-order chi connectivity index (χ0) is 13.9. The van der Waals surface area contributed by atoms with Crippen molar-refractivity contribution in [1.82, 2.24) is 10.3 Å². The van der Waals surface area contributed by atoms with Crippen molar-refractivity contribution in [3.63, 3.8) is 0 Å². The second-order valence-electron chi connectivity index (χ2n) is 3.78. The maximum Gasteiger partial charge on any atom is 0.263 e. The standard InChI is InChI=1S/C13H8N2O2S3/c16-12-9(19-13(18)15-12)7-8-4-5-11(17-8)20-10-3-1-2-6-14-10/h1-7H,(H,15,16,18)/b9-7-. The number of furan rings is 1. The van der Waals surface area contributed by atoms with Crippen LogP contribution in [0, 0.1) is 0 Å². The van der Waals surface area contributed by atoms with Crippen LogP contribution >= 0.6 is 35.7 Å². The fraction of sp³-hybridized carbons (Fsp3) is 0. The topological polar surface area (TPSA) is 55.1 Å². The van der Waals surface area contributed by atoms with Gasteiger partial charge in [0.25, 0.3) is 5.91 Å². The quantitative estimate of drug-likeness (QED) is 0.692. The third-order valence-electron chi connectivity index (χ3n) is 2.36. The van der Waals surface area contributed by atoms with Gasteiger partial charge in [0.1, 0.15) is 15.1 Å². The average molecular weight is 320 g/mol. The van der Waals surface area contributed by atoms with Gasteiger partial charge in [-0.25, -0.2) is 4.98 Å². The van der Waals surface area contributed by atoms with Crippen LogP contribution in [0.3, 0.4) is 0 Å². The molecule has 20 heavy (non-hydrogen) atoms. The maximum atomic E-state index is 11.5. The predicted octanol–water partition coefficient (Wildman–Crippen LogP) is 3.31. The number of hydrogen-bond donors (Lipinski definition) is 1. The van der Waals surface area contributed by atoms with Crippen LogP contribution in [-0.2, 0) is 4.79 Å². The summed E-state index contributed by atoms with van der Waals surface area (Å²) >= 11 is 7.59. The van der Waals surface area contributed by atoms with E-state index in [1.54, 1.807) is 12.3 Å². The van der Waals surface area contributed by atoms with E-state index in [1.807, 2.05) is 30.3 Å². The minimum atomic E-state index is -0.185. The number of rotatable bonds is 3. The van der Waals surface area contributed by atoms with Crippen LogP contribution < -0.4 is 5.32 Å². The van der Waals surface area contributed by atoms with Gasteiger partial charge >= 0.3 is 0 Å². The normalized spacial score (nSPS) is 16.7. The largest absolute Gasteiger partial charge is 0.450 e. The van der Waals surface area contributed by atoms with Gasteiger partial charge in [-0.3, -0.25) is 4.79 Å². The molecule has 4 nitrogen and oxygen atoms in total. The Morgan fingerprint density at radius 2 is 2.25 bits per heavy atom. The number of thiocarbonyl (C=S) groups is 1. The predicted molar refractivity (Wildman–Crippen MR) is 83.4 cm³/mol. The molecule has 0 aromatic carbocycles. The highest BCUT2D eigenvalue weighted by atomic mass is 32.2. The van der Waals surface area contributed by atoms with E-state index in [1.165, 1.54) is 23.5 Å². The van der Waals surface area contributed by atoms with Crippen LogP contribution in [0.4, 0.5) is 0 Å². The highest BCUT2D eigenvalue weighted by Crippen LogP contribution is 2.30. The first-order chi connectivity index (χ1) is 9.70. The molecule has 1 fully saturated rings. The van der Waals surface area contributed by atoms with Gasteiger partial charge in [0.15, 0.2) is 5.09 Å². The third-order valence-corrected chi connectivity index (χ3v) is 4.39. The summed E-state index contributed by atoms with van der Waals surface area (Å²) in [6.07, 6.45) is 3.41. The number of hydrogen-bond acceptors (Lipinski definition) is 6. The van der Waals surface area contributed by atoms with Crippen LogP contribution in [0.5, 0.6) is 0 Å². The van der Waals surface area contributed by atoms with Gasteiger partial charge in [0.05, 0.1) is 4.91 Å². The van der Waals surface area contributed by atoms with Crippen molar-refractivity contribution < 1.29 is 9.21 Å². The zero-order valence-corrected chi connectivity index (χ0v) is 12.5. The number of amides is 1. The summed E-state index contributed by atoms with van der Waals surface area (Å²) in [6, 6.07) is 9.35. The fourth-order valence-corrected chi connectivity index (χ4v) is 3.29. The molecular weight excluding hydrogens is 312 g/mol. The Morgan fingerprint density at radius 3 is 2.95 bits per heavy atom. The van der Waals surface area contributed by atoms with E-state index < -0.39 is 0 Å². The lowest BCUT2D eigenvalue weighted by molar-refractivity contribution is -0.115. The van der Waals surface area contributed by atoms with Gasteiger partial charge in [-0.1, -0.05) is 30.0 Å². The SMILES string of the molecule is O=C1NC(=S)S/C1=C\c1ccc(Sc2ccccn2)o1. The number of carbonyl (C=O) groups is 1. The first-order valence-corrected chi connectivity index (χ1v) is 7.68. The van der Waals surface area contributed by atoms with Gasteiger partial charge in [-0.15, -0.1) is 0 Å². The third kappa shape index (κ3) is 3.12. The number of pyridine rings is 1. The summed E-state index contributed by atoms with van der Waals surface area (Å²) in [5.74, 6) is 0.432. The van der Waals surface area contributed by atoms with Gasteiger partial charge in [0.2, 0.25) is 0 Å². The molecule has 1 amide bonds. The molecule has 1 aliphatic rings. The van der Waals surface area contributed by atoms with E-state index in [-0.39, 0.29) is 5.91 Å². The molecule has 100 valence electrons. The lowest BCUT2D eigenvalue weighted by atomic mass is 10.4. The van der Waals surface area contributed by atoms with Crippen molar-refractivity contribution >= 4 is 52.0 Å². The smallest absolute Gasteiger partial charge is 0.263 e. The molecule has 0 radical (unpaired) electrons. The van der Waals surface area contributed by atoms with E-state index in [2.05, 4.69) is 10.3 Å². The van der Waals surface area contributed by atoms with Gasteiger partial charge in [-0.05, 0) is 36.0 Å². The van der Waals surface area contributed by atoms with E-state index in [0.29, 0.717) is 15.0 Å². The van der Waals surface area contributed by atoms with Crippen LogP contribution in [0.25, 0.3) is 6.08 Å². The van der Waals surface area contributed by atoms with Gasteiger partial charge in [0, 0.05) is 12.3 Å². The Bertz CT molecular complexity index is 695. The number of nitrogens with one attached hydrogen (secondary N) is 1. The van der Waals surface area contributed by atoms with E-state index >= 15 is 0 Å². The van der Waals surface area contributed by atoms with Gasteiger partial charge in [-0.2, -0.15) is 0 Å². The number of aromatic nitrogens is 1. The first kappa shape index (κ1) is 13.4. The van der Waals surface area contributed by atoms with Crippen molar-refractivity contribution in [3.05, 3.63) is 47.2 Å². The minimum Gasteiger partial charge on any atom is -0.450 e. The van der Waals surface area contributed by atoms with Crippen molar-refractivity contribution in [2.75, 3.05) is 0 Å². The lowest BCUT2D eigenvalue weighted by Gasteiger charge is -1.95. The van der Waals surface area contributed by atoms with E-state index in [9.17, 15) is 4.79 Å². The Morgan fingerprint density at radius 1 is 1.35 bits per heavy atom. The molecule has 0 bridgehead atoms. The Labute approximate surface area is 129 Å². The van der Waals surface area contributed by atoms with Crippen LogP contribution in [-0.4, -0.2) is 15.2 Å². The molecule has 2 aromatic heterocycles. The van der Waals surface area contributed by atoms with Crippen LogP contribution in [0.15, 0.2) is 56.0 Å². The molecule has 2 aromatic rings. The Hall–Kier alpha value is -1.57. The minimum absolute atomic E-state index is 0.185. The number of carbonyl (C=O) groups excluding carboxylic acids is 1. The van der Waals surface area contributed by atoms with E-state index in [0.717, 1.165) is 10.1 Å². The molecule has 1 aliphatic heterocycles. The molecule has 0 spiro atoms. The fourth-order valence-electron chi connectivity index (χ4n) is 1.53. The molecule has 3 heterocycles. The molecule has 0 atom stereocenters. The van der Waals surface area contributed by atoms with Crippen LogP contribution in [0.1, 0.15) is 5.76 Å². The van der Waals surface area contributed by atoms with Gasteiger partial charge < -0.3 is 9.73 Å². The van der Waals surface area contributed by atoms with E-state index in [4.69, 9.17) is 16.6 Å². The molecule has 1 saturated heterocycles. The van der Waals surface area contributed by atoms with Crippen molar-refractivity contribution in [2.45, 2.75) is 10.1 Å². The highest BCUT2D eigenvalue weighted by Gasteiger charge is 2.22. The molecule has 0 aliphatic carbocycles. The second-order valence-corrected chi connectivity index (χ2v) is 6.52. The first-order valence-electron chi connectivity index (χ1n) is 5.64.